The summed E-state index contributed by atoms with van der Waals surface area (Å²) in [6, 6.07) is 15.1. The zero-order valence-electron chi connectivity index (χ0n) is 13.6. The van der Waals surface area contributed by atoms with Gasteiger partial charge in [0.15, 0.2) is 0 Å². The maximum Gasteiger partial charge on any atom is 0.446 e. The Bertz CT molecular complexity index is 740. The molecule has 0 aromatic heterocycles. The van der Waals surface area contributed by atoms with Crippen molar-refractivity contribution in [3.8, 4) is 0 Å². The number of rotatable bonds is 3. The second kappa shape index (κ2) is 8.33. The second-order valence-electron chi connectivity index (χ2n) is 5.96. The highest BCUT2D eigenvalue weighted by Gasteiger charge is 2.34. The van der Waals surface area contributed by atoms with E-state index in [-0.39, 0.29) is 46.9 Å². The molecule has 140 valence electrons. The Morgan fingerprint density at radius 1 is 1.04 bits per heavy atom. The van der Waals surface area contributed by atoms with Gasteiger partial charge in [-0.2, -0.15) is 13.2 Å². The Morgan fingerprint density at radius 2 is 1.65 bits per heavy atom. The highest BCUT2D eigenvalue weighted by Crippen LogP contribution is 2.37. The van der Waals surface area contributed by atoms with Crippen LogP contribution in [0.15, 0.2) is 59.5 Å². The normalized spacial score (nSPS) is 19.9. The fourth-order valence-corrected chi connectivity index (χ4v) is 3.57. The van der Waals surface area contributed by atoms with Gasteiger partial charge in [-0.3, -0.25) is 4.79 Å². The molecule has 2 aromatic carbocycles. The number of halogens is 4. The van der Waals surface area contributed by atoms with Crippen LogP contribution in [-0.4, -0.2) is 35.4 Å². The average Bonchev–Trinajstić information content (AvgIpc) is 2.96. The maximum atomic E-state index is 12.6. The van der Waals surface area contributed by atoms with Crippen molar-refractivity contribution in [3.05, 3.63) is 65.7 Å². The van der Waals surface area contributed by atoms with Gasteiger partial charge in [-0.1, -0.05) is 30.3 Å². The number of nitrogens with zero attached hydrogens (tertiary/aromatic N) is 1. The van der Waals surface area contributed by atoms with Crippen LogP contribution < -0.4 is 5.73 Å². The number of carbonyl (C=O) groups excluding carboxylic acids is 1. The first-order valence-corrected chi connectivity index (χ1v) is 8.61. The van der Waals surface area contributed by atoms with Crippen LogP contribution in [0.1, 0.15) is 21.8 Å². The van der Waals surface area contributed by atoms with Crippen molar-refractivity contribution >= 4 is 30.1 Å². The summed E-state index contributed by atoms with van der Waals surface area (Å²) in [6.07, 6.45) is 0. The molecule has 3 nitrogen and oxygen atoms in total. The predicted octanol–water partition coefficient (Wildman–Crippen LogP) is 4.29. The molecule has 0 aliphatic carbocycles. The SMILES string of the molecule is Cl.N[C@@H]1CN(C(=O)c2ccc(SC(F)(F)F)cc2)C[C@H]1c1ccccc1. The molecule has 1 fully saturated rings. The van der Waals surface area contributed by atoms with Crippen LogP contribution in [0.25, 0.3) is 0 Å². The van der Waals surface area contributed by atoms with Gasteiger partial charge in [0.05, 0.1) is 0 Å². The molecule has 0 spiro atoms. The fourth-order valence-electron chi connectivity index (χ4n) is 3.03. The van der Waals surface area contributed by atoms with Crippen molar-refractivity contribution in [2.45, 2.75) is 22.4 Å². The third-order valence-electron chi connectivity index (χ3n) is 4.21. The summed E-state index contributed by atoms with van der Waals surface area (Å²) in [7, 11) is 0. The molecule has 0 radical (unpaired) electrons. The van der Waals surface area contributed by atoms with Gasteiger partial charge in [-0.15, -0.1) is 12.4 Å². The highest BCUT2D eigenvalue weighted by molar-refractivity contribution is 8.00. The summed E-state index contributed by atoms with van der Waals surface area (Å²) in [6.45, 7) is 0.931. The summed E-state index contributed by atoms with van der Waals surface area (Å²) in [4.78, 5) is 14.3. The van der Waals surface area contributed by atoms with Gasteiger partial charge >= 0.3 is 5.51 Å². The number of benzene rings is 2. The van der Waals surface area contributed by atoms with Crippen LogP contribution in [0, 0.1) is 0 Å². The maximum absolute atomic E-state index is 12.6. The number of amides is 1. The van der Waals surface area contributed by atoms with E-state index in [0.717, 1.165) is 5.56 Å². The monoisotopic (exact) mass is 402 g/mol. The number of carbonyl (C=O) groups is 1. The lowest BCUT2D eigenvalue weighted by molar-refractivity contribution is -0.0328. The molecule has 0 bridgehead atoms. The topological polar surface area (TPSA) is 46.3 Å². The van der Waals surface area contributed by atoms with Crippen LogP contribution >= 0.6 is 24.2 Å². The second-order valence-corrected chi connectivity index (χ2v) is 7.10. The number of nitrogens with two attached hydrogens (primary N) is 1. The Kier molecular flexibility index (Phi) is 6.60. The van der Waals surface area contributed by atoms with Gasteiger partial charge in [0.25, 0.3) is 5.91 Å². The van der Waals surface area contributed by atoms with Gasteiger partial charge in [0.2, 0.25) is 0 Å². The quantitative estimate of drug-likeness (QED) is 0.779. The van der Waals surface area contributed by atoms with Crippen LogP contribution in [0.4, 0.5) is 13.2 Å². The molecule has 2 aromatic rings. The fraction of sp³-hybridized carbons (Fsp3) is 0.278. The van der Waals surface area contributed by atoms with Crippen molar-refractivity contribution in [2.24, 2.45) is 5.73 Å². The van der Waals surface area contributed by atoms with Crippen LogP contribution in [-0.2, 0) is 0 Å². The number of thioether (sulfide) groups is 1. The lowest BCUT2D eigenvalue weighted by Crippen LogP contribution is -2.32. The molecule has 1 aliphatic rings. The summed E-state index contributed by atoms with van der Waals surface area (Å²) >= 11 is -0.193. The van der Waals surface area contributed by atoms with Crippen molar-refractivity contribution in [2.75, 3.05) is 13.1 Å². The van der Waals surface area contributed by atoms with E-state index in [1.807, 2.05) is 30.3 Å². The zero-order valence-corrected chi connectivity index (χ0v) is 15.3. The number of likely N-dealkylation sites (tertiary alicyclic amines) is 1. The Morgan fingerprint density at radius 3 is 2.23 bits per heavy atom. The zero-order chi connectivity index (χ0) is 18.0. The lowest BCUT2D eigenvalue weighted by Gasteiger charge is -2.17. The van der Waals surface area contributed by atoms with E-state index in [1.165, 1.54) is 24.3 Å². The Hall–Kier alpha value is -1.70. The Balaban J connectivity index is 0.00000243. The van der Waals surface area contributed by atoms with E-state index < -0.39 is 5.51 Å². The van der Waals surface area contributed by atoms with Gasteiger partial charge < -0.3 is 10.6 Å². The van der Waals surface area contributed by atoms with E-state index in [1.54, 1.807) is 4.90 Å². The summed E-state index contributed by atoms with van der Waals surface area (Å²) in [5.41, 5.74) is 3.30. The molecule has 2 N–H and O–H groups in total. The standard InChI is InChI=1S/C18H17F3N2OS.ClH/c19-18(20,21)25-14-8-6-13(7-9-14)17(24)23-10-15(16(22)11-23)12-4-2-1-3-5-12;/h1-9,15-16H,10-11,22H2;1H/t15-,16+;/m0./s1. The largest absolute Gasteiger partial charge is 0.446 e. The molecule has 26 heavy (non-hydrogen) atoms. The van der Waals surface area contributed by atoms with Crippen LogP contribution in [0.2, 0.25) is 0 Å². The summed E-state index contributed by atoms with van der Waals surface area (Å²) < 4.78 is 37.1. The third kappa shape index (κ3) is 4.93. The van der Waals surface area contributed by atoms with E-state index in [2.05, 4.69) is 0 Å². The van der Waals surface area contributed by atoms with Crippen molar-refractivity contribution in [1.82, 2.24) is 4.90 Å². The van der Waals surface area contributed by atoms with Gasteiger partial charge in [-0.25, -0.2) is 0 Å². The van der Waals surface area contributed by atoms with Gasteiger partial charge in [-0.05, 0) is 41.6 Å². The summed E-state index contributed by atoms with van der Waals surface area (Å²) in [5.74, 6) is -0.150. The molecule has 0 unspecified atom stereocenters. The molecular formula is C18H18ClF3N2OS. The molecule has 0 saturated carbocycles. The molecule has 2 atom stereocenters. The first-order chi connectivity index (χ1) is 11.8. The van der Waals surface area contributed by atoms with Crippen molar-refractivity contribution < 1.29 is 18.0 Å². The molecule has 3 rings (SSSR count). The minimum Gasteiger partial charge on any atom is -0.336 e. The first-order valence-electron chi connectivity index (χ1n) is 7.79. The summed E-state index contributed by atoms with van der Waals surface area (Å²) in [5, 5.41) is 0. The van der Waals surface area contributed by atoms with Crippen molar-refractivity contribution in [3.63, 3.8) is 0 Å². The van der Waals surface area contributed by atoms with Gasteiger partial charge in [0, 0.05) is 35.5 Å². The van der Waals surface area contributed by atoms with E-state index >= 15 is 0 Å². The molecule has 1 heterocycles. The molecular weight excluding hydrogens is 385 g/mol. The van der Waals surface area contributed by atoms with Gasteiger partial charge in [0.1, 0.15) is 0 Å². The average molecular weight is 403 g/mol. The van der Waals surface area contributed by atoms with E-state index in [0.29, 0.717) is 18.7 Å². The molecule has 1 aliphatic heterocycles. The third-order valence-corrected chi connectivity index (χ3v) is 4.95. The number of alkyl halides is 3. The van der Waals surface area contributed by atoms with E-state index in [9.17, 15) is 18.0 Å². The molecule has 8 heteroatoms. The molecule has 1 saturated heterocycles. The first kappa shape index (κ1) is 20.6. The van der Waals surface area contributed by atoms with Crippen LogP contribution in [0.3, 0.4) is 0 Å². The number of hydrogen-bond acceptors (Lipinski definition) is 3. The minimum atomic E-state index is -4.34. The predicted molar refractivity (Wildman–Crippen MR) is 98.7 cm³/mol. The number of hydrogen-bond donors (Lipinski definition) is 1. The lowest BCUT2D eigenvalue weighted by atomic mass is 9.95. The smallest absolute Gasteiger partial charge is 0.336 e. The minimum absolute atomic E-state index is 0. The molecule has 1 amide bonds. The van der Waals surface area contributed by atoms with Crippen LogP contribution in [0.5, 0.6) is 0 Å². The van der Waals surface area contributed by atoms with Crippen molar-refractivity contribution in [1.29, 1.82) is 0 Å². The Labute approximate surface area is 160 Å². The highest BCUT2D eigenvalue weighted by atomic mass is 35.5. The van der Waals surface area contributed by atoms with E-state index in [4.69, 9.17) is 5.73 Å².